The summed E-state index contributed by atoms with van der Waals surface area (Å²) >= 11 is 0. The van der Waals surface area contributed by atoms with Crippen LogP contribution in [0, 0.1) is 6.92 Å². The highest BCUT2D eigenvalue weighted by Crippen LogP contribution is 2.32. The van der Waals surface area contributed by atoms with E-state index in [1.807, 2.05) is 6.92 Å². The van der Waals surface area contributed by atoms with Gasteiger partial charge in [0.15, 0.2) is 0 Å². The average molecular weight is 150 g/mol. The van der Waals surface area contributed by atoms with Crippen LogP contribution in [0.15, 0.2) is 6.07 Å². The maximum absolute atomic E-state index is 4.14. The summed E-state index contributed by atoms with van der Waals surface area (Å²) in [5.41, 5.74) is 2.46. The number of H-pyrrole nitrogens is 1. The molecule has 1 N–H and O–H groups in total. The summed E-state index contributed by atoms with van der Waals surface area (Å²) in [5.74, 6) is 0.774. The zero-order valence-electron chi connectivity index (χ0n) is 6.93. The highest BCUT2D eigenvalue weighted by atomic mass is 15.1. The van der Waals surface area contributed by atoms with Crippen LogP contribution in [0.3, 0.4) is 0 Å². The second-order valence-corrected chi connectivity index (χ2v) is 3.45. The van der Waals surface area contributed by atoms with E-state index in [4.69, 9.17) is 0 Å². The maximum atomic E-state index is 4.14. The molecule has 1 aliphatic rings. The maximum Gasteiger partial charge on any atom is 0.0594 e. The highest BCUT2D eigenvalue weighted by Gasteiger charge is 2.18. The van der Waals surface area contributed by atoms with Gasteiger partial charge in [-0.25, -0.2) is 0 Å². The van der Waals surface area contributed by atoms with Crippen LogP contribution in [0.4, 0.5) is 0 Å². The molecule has 1 aromatic rings. The van der Waals surface area contributed by atoms with Crippen molar-refractivity contribution in [2.24, 2.45) is 0 Å². The van der Waals surface area contributed by atoms with Gasteiger partial charge < -0.3 is 0 Å². The standard InChI is InChI=1S/C9H14N2/c1-7-6-9(11-10-7)8-4-2-3-5-8/h6,8H,2-5H2,1H3,(H,10,11). The van der Waals surface area contributed by atoms with E-state index in [2.05, 4.69) is 16.3 Å². The first-order valence-electron chi connectivity index (χ1n) is 4.38. The lowest BCUT2D eigenvalue weighted by Crippen LogP contribution is -1.91. The Labute approximate surface area is 67.0 Å². The number of nitrogens with one attached hydrogen (secondary N) is 1. The zero-order chi connectivity index (χ0) is 7.68. The van der Waals surface area contributed by atoms with Gasteiger partial charge in [-0.05, 0) is 25.8 Å². The molecular weight excluding hydrogens is 136 g/mol. The van der Waals surface area contributed by atoms with Gasteiger partial charge in [-0.1, -0.05) is 12.8 Å². The van der Waals surface area contributed by atoms with Gasteiger partial charge in [-0.15, -0.1) is 0 Å². The predicted molar refractivity (Wildman–Crippen MR) is 44.5 cm³/mol. The van der Waals surface area contributed by atoms with Crippen molar-refractivity contribution >= 4 is 0 Å². The Balaban J connectivity index is 2.15. The van der Waals surface area contributed by atoms with Crippen LogP contribution in [0.5, 0.6) is 0 Å². The topological polar surface area (TPSA) is 28.7 Å². The number of hydrogen-bond acceptors (Lipinski definition) is 1. The summed E-state index contributed by atoms with van der Waals surface area (Å²) in [5, 5.41) is 7.23. The van der Waals surface area contributed by atoms with E-state index in [1.54, 1.807) is 0 Å². The smallest absolute Gasteiger partial charge is 0.0594 e. The van der Waals surface area contributed by atoms with E-state index in [-0.39, 0.29) is 0 Å². The lowest BCUT2D eigenvalue weighted by Gasteiger charge is -2.03. The fourth-order valence-corrected chi connectivity index (χ4v) is 1.89. The minimum Gasteiger partial charge on any atom is -0.282 e. The Kier molecular flexibility index (Phi) is 1.68. The molecule has 2 nitrogen and oxygen atoms in total. The van der Waals surface area contributed by atoms with Crippen LogP contribution in [0.25, 0.3) is 0 Å². The van der Waals surface area contributed by atoms with E-state index < -0.39 is 0 Å². The Bertz CT molecular complexity index is 233. The van der Waals surface area contributed by atoms with Crippen LogP contribution in [0.2, 0.25) is 0 Å². The highest BCUT2D eigenvalue weighted by molar-refractivity contribution is 5.12. The Hall–Kier alpha value is -0.790. The minimum absolute atomic E-state index is 0.774. The Morgan fingerprint density at radius 3 is 2.73 bits per heavy atom. The second-order valence-electron chi connectivity index (χ2n) is 3.45. The molecule has 0 atom stereocenters. The van der Waals surface area contributed by atoms with Crippen molar-refractivity contribution < 1.29 is 0 Å². The molecular formula is C9H14N2. The summed E-state index contributed by atoms with van der Waals surface area (Å²) in [6.45, 7) is 2.04. The average Bonchev–Trinajstić information content (AvgIpc) is 2.55. The molecule has 1 aliphatic carbocycles. The third-order valence-electron chi connectivity index (χ3n) is 2.52. The molecule has 0 bridgehead atoms. The van der Waals surface area contributed by atoms with Crippen LogP contribution in [-0.2, 0) is 0 Å². The summed E-state index contributed by atoms with van der Waals surface area (Å²) in [4.78, 5) is 0. The molecule has 0 radical (unpaired) electrons. The van der Waals surface area contributed by atoms with Crippen molar-refractivity contribution in [3.8, 4) is 0 Å². The Morgan fingerprint density at radius 2 is 2.18 bits per heavy atom. The van der Waals surface area contributed by atoms with Gasteiger partial charge in [0.25, 0.3) is 0 Å². The van der Waals surface area contributed by atoms with Gasteiger partial charge in [0.1, 0.15) is 0 Å². The molecule has 1 fully saturated rings. The van der Waals surface area contributed by atoms with E-state index in [9.17, 15) is 0 Å². The van der Waals surface area contributed by atoms with Crippen molar-refractivity contribution in [1.82, 2.24) is 10.2 Å². The van der Waals surface area contributed by atoms with Crippen LogP contribution in [-0.4, -0.2) is 10.2 Å². The van der Waals surface area contributed by atoms with Crippen molar-refractivity contribution in [2.45, 2.75) is 38.5 Å². The molecule has 11 heavy (non-hydrogen) atoms. The Morgan fingerprint density at radius 1 is 1.45 bits per heavy atom. The number of aromatic amines is 1. The molecule has 60 valence electrons. The number of aryl methyl sites for hydroxylation is 1. The molecule has 1 aromatic heterocycles. The van der Waals surface area contributed by atoms with E-state index in [0.29, 0.717) is 0 Å². The summed E-state index contributed by atoms with van der Waals surface area (Å²) in [6, 6.07) is 2.18. The molecule has 0 aliphatic heterocycles. The van der Waals surface area contributed by atoms with Crippen LogP contribution in [0.1, 0.15) is 43.0 Å². The van der Waals surface area contributed by atoms with E-state index >= 15 is 0 Å². The number of aromatic nitrogens is 2. The number of nitrogens with zero attached hydrogens (tertiary/aromatic N) is 1. The van der Waals surface area contributed by atoms with Crippen molar-refractivity contribution in [1.29, 1.82) is 0 Å². The molecule has 1 saturated carbocycles. The molecule has 0 aromatic carbocycles. The first-order valence-corrected chi connectivity index (χ1v) is 4.38. The van der Waals surface area contributed by atoms with Crippen LogP contribution >= 0.6 is 0 Å². The van der Waals surface area contributed by atoms with E-state index in [0.717, 1.165) is 11.6 Å². The first-order chi connectivity index (χ1) is 5.36. The van der Waals surface area contributed by atoms with Gasteiger partial charge in [0.2, 0.25) is 0 Å². The van der Waals surface area contributed by atoms with E-state index in [1.165, 1.54) is 31.4 Å². The number of hydrogen-bond donors (Lipinski definition) is 1. The van der Waals surface area contributed by atoms with Gasteiger partial charge in [-0.2, -0.15) is 5.10 Å². The molecule has 0 spiro atoms. The van der Waals surface area contributed by atoms with Gasteiger partial charge in [0, 0.05) is 11.6 Å². The summed E-state index contributed by atoms with van der Waals surface area (Å²) in [6.07, 6.45) is 5.48. The van der Waals surface area contributed by atoms with Gasteiger partial charge >= 0.3 is 0 Å². The lowest BCUT2D eigenvalue weighted by molar-refractivity contribution is 0.693. The largest absolute Gasteiger partial charge is 0.282 e. The normalized spacial score (nSPS) is 19.4. The second kappa shape index (κ2) is 2.68. The molecule has 0 unspecified atom stereocenters. The summed E-state index contributed by atoms with van der Waals surface area (Å²) < 4.78 is 0. The number of rotatable bonds is 1. The monoisotopic (exact) mass is 150 g/mol. The zero-order valence-corrected chi connectivity index (χ0v) is 6.93. The van der Waals surface area contributed by atoms with Crippen LogP contribution < -0.4 is 0 Å². The SMILES string of the molecule is Cc1cc(C2CCCC2)[nH]n1. The molecule has 0 saturated heterocycles. The first kappa shape index (κ1) is 6.89. The van der Waals surface area contributed by atoms with Crippen molar-refractivity contribution in [3.63, 3.8) is 0 Å². The van der Waals surface area contributed by atoms with Crippen molar-refractivity contribution in [2.75, 3.05) is 0 Å². The predicted octanol–water partition coefficient (Wildman–Crippen LogP) is 2.38. The van der Waals surface area contributed by atoms with Gasteiger partial charge in [0.05, 0.1) is 5.69 Å². The molecule has 2 rings (SSSR count). The fourth-order valence-electron chi connectivity index (χ4n) is 1.89. The van der Waals surface area contributed by atoms with Gasteiger partial charge in [-0.3, -0.25) is 5.10 Å². The lowest BCUT2D eigenvalue weighted by atomic mass is 10.0. The summed E-state index contributed by atoms with van der Waals surface area (Å²) in [7, 11) is 0. The third kappa shape index (κ3) is 1.30. The quantitative estimate of drug-likeness (QED) is 0.654. The fraction of sp³-hybridized carbons (Fsp3) is 0.667. The molecule has 0 amide bonds. The third-order valence-corrected chi connectivity index (χ3v) is 2.52. The molecule has 1 heterocycles. The molecule has 2 heteroatoms. The minimum atomic E-state index is 0.774. The van der Waals surface area contributed by atoms with Crippen molar-refractivity contribution in [3.05, 3.63) is 17.5 Å².